The van der Waals surface area contributed by atoms with E-state index in [2.05, 4.69) is 0 Å². The lowest BCUT2D eigenvalue weighted by atomic mass is 10.2. The molecular formula is C12H15ClN2O3. The Hall–Kier alpha value is -1.46. The van der Waals surface area contributed by atoms with E-state index in [0.717, 1.165) is 5.56 Å². The Morgan fingerprint density at radius 1 is 1.61 bits per heavy atom. The molecule has 1 aromatic rings. The van der Waals surface area contributed by atoms with Gasteiger partial charge in [0.05, 0.1) is 20.2 Å². The number of cyclic esters (lactones) is 1. The molecule has 6 heteroatoms. The Labute approximate surface area is 110 Å². The lowest BCUT2D eigenvalue weighted by Gasteiger charge is -2.15. The molecule has 1 aromatic carbocycles. The topological polar surface area (TPSA) is 64.8 Å². The zero-order valence-corrected chi connectivity index (χ0v) is 10.8. The van der Waals surface area contributed by atoms with Gasteiger partial charge in [-0.25, -0.2) is 4.79 Å². The third-order valence-electron chi connectivity index (χ3n) is 2.82. The molecule has 0 aromatic heterocycles. The van der Waals surface area contributed by atoms with Crippen LogP contribution in [0.3, 0.4) is 0 Å². The summed E-state index contributed by atoms with van der Waals surface area (Å²) in [5.74, 6) is 0.698. The molecule has 1 fully saturated rings. The number of methoxy groups -OCH3 is 1. The lowest BCUT2D eigenvalue weighted by Crippen LogP contribution is -2.27. The van der Waals surface area contributed by atoms with Gasteiger partial charge in [-0.1, -0.05) is 11.6 Å². The minimum atomic E-state index is -0.354. The minimum absolute atomic E-state index is 0.234. The molecule has 1 unspecified atom stereocenters. The minimum Gasteiger partial charge on any atom is -0.496 e. The number of nitrogens with zero attached hydrogens (tertiary/aromatic N) is 1. The summed E-state index contributed by atoms with van der Waals surface area (Å²) in [6.45, 7) is 1.22. The first-order valence-electron chi connectivity index (χ1n) is 5.62. The van der Waals surface area contributed by atoms with Crippen LogP contribution in [-0.4, -0.2) is 37.3 Å². The SMILES string of the molecule is COc1ccc(Cl)cc1CN1CC(CN)OC1=O. The summed E-state index contributed by atoms with van der Waals surface area (Å²) < 4.78 is 10.3. The van der Waals surface area contributed by atoms with Gasteiger partial charge in [0, 0.05) is 17.1 Å². The van der Waals surface area contributed by atoms with Crippen molar-refractivity contribution in [3.63, 3.8) is 0 Å². The van der Waals surface area contributed by atoms with Gasteiger partial charge < -0.3 is 15.2 Å². The monoisotopic (exact) mass is 270 g/mol. The molecule has 98 valence electrons. The van der Waals surface area contributed by atoms with E-state index < -0.39 is 0 Å². The van der Waals surface area contributed by atoms with E-state index >= 15 is 0 Å². The van der Waals surface area contributed by atoms with Gasteiger partial charge in [0.1, 0.15) is 11.9 Å². The highest BCUT2D eigenvalue weighted by atomic mass is 35.5. The zero-order valence-electron chi connectivity index (χ0n) is 10.1. The summed E-state index contributed by atoms with van der Waals surface area (Å²) in [6.07, 6.45) is -0.588. The van der Waals surface area contributed by atoms with Crippen molar-refractivity contribution in [3.8, 4) is 5.75 Å². The third-order valence-corrected chi connectivity index (χ3v) is 3.05. The van der Waals surface area contributed by atoms with Crippen LogP contribution >= 0.6 is 11.6 Å². The van der Waals surface area contributed by atoms with E-state index in [4.69, 9.17) is 26.8 Å². The van der Waals surface area contributed by atoms with Gasteiger partial charge in [0.25, 0.3) is 0 Å². The Balaban J connectivity index is 2.14. The van der Waals surface area contributed by atoms with Crippen molar-refractivity contribution < 1.29 is 14.3 Å². The first-order valence-corrected chi connectivity index (χ1v) is 6.00. The number of ether oxygens (including phenoxy) is 2. The maximum atomic E-state index is 11.6. The van der Waals surface area contributed by atoms with Gasteiger partial charge in [-0.05, 0) is 18.2 Å². The van der Waals surface area contributed by atoms with Crippen LogP contribution in [0.1, 0.15) is 5.56 Å². The van der Waals surface area contributed by atoms with Gasteiger partial charge in [0.2, 0.25) is 0 Å². The van der Waals surface area contributed by atoms with E-state index in [1.54, 1.807) is 30.2 Å². The number of benzene rings is 1. The average Bonchev–Trinajstić information content (AvgIpc) is 2.71. The van der Waals surface area contributed by atoms with Crippen LogP contribution in [0.25, 0.3) is 0 Å². The molecule has 5 nitrogen and oxygen atoms in total. The molecule has 18 heavy (non-hydrogen) atoms. The first-order chi connectivity index (χ1) is 8.63. The largest absolute Gasteiger partial charge is 0.496 e. The predicted molar refractivity (Wildman–Crippen MR) is 67.7 cm³/mol. The molecule has 1 aliphatic heterocycles. The molecule has 0 bridgehead atoms. The number of rotatable bonds is 4. The van der Waals surface area contributed by atoms with Crippen molar-refractivity contribution in [1.82, 2.24) is 4.90 Å². The number of halogens is 1. The number of carbonyl (C=O) groups is 1. The van der Waals surface area contributed by atoms with Gasteiger partial charge >= 0.3 is 6.09 Å². The van der Waals surface area contributed by atoms with Crippen molar-refractivity contribution in [1.29, 1.82) is 0 Å². The van der Waals surface area contributed by atoms with Crippen LogP contribution in [0, 0.1) is 0 Å². The number of nitrogens with two attached hydrogens (primary N) is 1. The van der Waals surface area contributed by atoms with Gasteiger partial charge in [-0.15, -0.1) is 0 Å². The Bertz CT molecular complexity index is 453. The van der Waals surface area contributed by atoms with Crippen LogP contribution < -0.4 is 10.5 Å². The molecule has 1 saturated heterocycles. The zero-order chi connectivity index (χ0) is 13.1. The Kier molecular flexibility index (Phi) is 3.93. The van der Waals surface area contributed by atoms with Gasteiger partial charge in [0.15, 0.2) is 0 Å². The van der Waals surface area contributed by atoms with Crippen molar-refractivity contribution in [2.75, 3.05) is 20.2 Å². The highest BCUT2D eigenvalue weighted by molar-refractivity contribution is 6.30. The van der Waals surface area contributed by atoms with E-state index in [1.165, 1.54) is 0 Å². The Morgan fingerprint density at radius 2 is 2.39 bits per heavy atom. The second-order valence-electron chi connectivity index (χ2n) is 4.08. The fourth-order valence-electron chi connectivity index (χ4n) is 1.90. The van der Waals surface area contributed by atoms with Crippen LogP contribution in [0.5, 0.6) is 5.75 Å². The molecule has 1 heterocycles. The van der Waals surface area contributed by atoms with E-state index in [1.807, 2.05) is 0 Å². The number of hydrogen-bond acceptors (Lipinski definition) is 4. The number of hydrogen-bond donors (Lipinski definition) is 1. The van der Waals surface area contributed by atoms with Crippen LogP contribution in [-0.2, 0) is 11.3 Å². The fraction of sp³-hybridized carbons (Fsp3) is 0.417. The number of carbonyl (C=O) groups excluding carboxylic acids is 1. The molecule has 0 radical (unpaired) electrons. The fourth-order valence-corrected chi connectivity index (χ4v) is 2.10. The van der Waals surface area contributed by atoms with Crippen LogP contribution in [0.4, 0.5) is 4.79 Å². The van der Waals surface area contributed by atoms with Crippen molar-refractivity contribution in [3.05, 3.63) is 28.8 Å². The highest BCUT2D eigenvalue weighted by Gasteiger charge is 2.30. The first kappa shape index (κ1) is 13.0. The summed E-state index contributed by atoms with van der Waals surface area (Å²) in [6, 6.07) is 5.30. The highest BCUT2D eigenvalue weighted by Crippen LogP contribution is 2.25. The van der Waals surface area contributed by atoms with E-state index in [0.29, 0.717) is 30.4 Å². The van der Waals surface area contributed by atoms with Crippen molar-refractivity contribution in [2.45, 2.75) is 12.6 Å². The molecule has 0 aliphatic carbocycles. The summed E-state index contributed by atoms with van der Waals surface area (Å²) in [7, 11) is 1.58. The molecule has 1 aliphatic rings. The summed E-state index contributed by atoms with van der Waals surface area (Å²) in [5.41, 5.74) is 6.33. The summed E-state index contributed by atoms with van der Waals surface area (Å²) in [4.78, 5) is 13.2. The molecular weight excluding hydrogens is 256 g/mol. The second kappa shape index (κ2) is 5.46. The predicted octanol–water partition coefficient (Wildman–Crippen LogP) is 1.63. The van der Waals surface area contributed by atoms with Crippen LogP contribution in [0.15, 0.2) is 18.2 Å². The molecule has 1 atom stereocenters. The van der Waals surface area contributed by atoms with Crippen molar-refractivity contribution >= 4 is 17.7 Å². The lowest BCUT2D eigenvalue weighted by molar-refractivity contribution is 0.134. The normalized spacial score (nSPS) is 18.9. The molecule has 2 N–H and O–H groups in total. The second-order valence-corrected chi connectivity index (χ2v) is 4.51. The van der Waals surface area contributed by atoms with E-state index in [9.17, 15) is 4.79 Å². The standard InChI is InChI=1S/C12H15ClN2O3/c1-17-11-3-2-9(13)4-8(11)6-15-7-10(5-14)18-12(15)16/h2-4,10H,5-7,14H2,1H3. The molecule has 0 spiro atoms. The summed E-state index contributed by atoms with van der Waals surface area (Å²) >= 11 is 5.94. The molecule has 0 saturated carbocycles. The van der Waals surface area contributed by atoms with Gasteiger partial charge in [-0.3, -0.25) is 4.90 Å². The Morgan fingerprint density at radius 3 is 3.00 bits per heavy atom. The quantitative estimate of drug-likeness (QED) is 0.903. The van der Waals surface area contributed by atoms with Gasteiger partial charge in [-0.2, -0.15) is 0 Å². The molecule has 1 amide bonds. The van der Waals surface area contributed by atoms with Crippen molar-refractivity contribution in [2.24, 2.45) is 5.73 Å². The number of amides is 1. The summed E-state index contributed by atoms with van der Waals surface area (Å²) in [5, 5.41) is 0.605. The smallest absolute Gasteiger partial charge is 0.410 e. The third kappa shape index (κ3) is 2.68. The molecule has 2 rings (SSSR count). The van der Waals surface area contributed by atoms with Crippen LogP contribution in [0.2, 0.25) is 5.02 Å². The maximum Gasteiger partial charge on any atom is 0.410 e. The average molecular weight is 271 g/mol. The van der Waals surface area contributed by atoms with E-state index in [-0.39, 0.29) is 12.2 Å². The maximum absolute atomic E-state index is 11.6.